The minimum Gasteiger partial charge on any atom is -0.421 e. The van der Waals surface area contributed by atoms with Gasteiger partial charge < -0.3 is 4.42 Å². The van der Waals surface area contributed by atoms with Crippen molar-refractivity contribution in [3.63, 3.8) is 0 Å². The number of benzene rings is 1. The first-order valence-electron chi connectivity index (χ1n) is 8.96. The van der Waals surface area contributed by atoms with Crippen LogP contribution in [0.5, 0.6) is 0 Å². The summed E-state index contributed by atoms with van der Waals surface area (Å²) in [4.78, 5) is 0.245. The molecule has 0 N–H and O–H groups in total. The van der Waals surface area contributed by atoms with Gasteiger partial charge in [0.15, 0.2) is 0 Å². The van der Waals surface area contributed by atoms with E-state index in [-0.39, 0.29) is 10.8 Å². The van der Waals surface area contributed by atoms with E-state index in [4.69, 9.17) is 4.42 Å². The Kier molecular flexibility index (Phi) is 4.79. The Balaban J connectivity index is 1.42. The predicted octanol–water partition coefficient (Wildman–Crippen LogP) is 2.21. The highest BCUT2D eigenvalue weighted by Gasteiger charge is 2.34. The normalized spacial score (nSPS) is 18.2. The van der Waals surface area contributed by atoms with Crippen molar-refractivity contribution < 1.29 is 12.8 Å². The van der Waals surface area contributed by atoms with Crippen molar-refractivity contribution in [2.45, 2.75) is 31.2 Å². The lowest BCUT2D eigenvalue weighted by molar-refractivity contribution is 0.423. The summed E-state index contributed by atoms with van der Waals surface area (Å²) in [6, 6.07) is 9.59. The molecule has 0 bridgehead atoms. The zero-order valence-electron chi connectivity index (χ0n) is 15.0. The molecule has 8 nitrogen and oxygen atoms in total. The maximum absolute atomic E-state index is 12.8. The molecule has 142 valence electrons. The van der Waals surface area contributed by atoms with Crippen LogP contribution in [0.4, 0.5) is 0 Å². The summed E-state index contributed by atoms with van der Waals surface area (Å²) in [7, 11) is -3.51. The van der Waals surface area contributed by atoms with E-state index in [1.165, 1.54) is 10.5 Å². The highest BCUT2D eigenvalue weighted by molar-refractivity contribution is 7.89. The number of aromatic nitrogens is 4. The Morgan fingerprint density at radius 2 is 2.04 bits per heavy atom. The monoisotopic (exact) mass is 387 g/mol. The maximum atomic E-state index is 12.8. The highest BCUT2D eigenvalue weighted by atomic mass is 32.2. The van der Waals surface area contributed by atoms with Gasteiger partial charge in [-0.3, -0.25) is 4.68 Å². The summed E-state index contributed by atoms with van der Waals surface area (Å²) >= 11 is 0. The van der Waals surface area contributed by atoms with Crippen LogP contribution in [-0.4, -0.2) is 45.8 Å². The number of hydrogen-bond acceptors (Lipinski definition) is 6. The van der Waals surface area contributed by atoms with Crippen LogP contribution in [0.3, 0.4) is 0 Å². The highest BCUT2D eigenvalue weighted by Crippen LogP contribution is 2.27. The third kappa shape index (κ3) is 3.65. The van der Waals surface area contributed by atoms with Gasteiger partial charge in [0.1, 0.15) is 4.90 Å². The fourth-order valence-corrected chi connectivity index (χ4v) is 4.75. The first-order valence-corrected chi connectivity index (χ1v) is 10.4. The Hall–Kier alpha value is -2.52. The van der Waals surface area contributed by atoms with Crippen molar-refractivity contribution in [2.75, 3.05) is 13.1 Å². The minimum absolute atomic E-state index is 0.157. The molecule has 1 unspecified atom stereocenters. The fourth-order valence-electron chi connectivity index (χ4n) is 3.26. The van der Waals surface area contributed by atoms with E-state index in [0.29, 0.717) is 37.8 Å². The van der Waals surface area contributed by atoms with Gasteiger partial charge in [-0.05, 0) is 31.4 Å². The van der Waals surface area contributed by atoms with E-state index in [0.717, 1.165) is 12.0 Å². The van der Waals surface area contributed by atoms with Crippen LogP contribution < -0.4 is 0 Å². The van der Waals surface area contributed by atoms with Crippen LogP contribution in [0.2, 0.25) is 0 Å². The third-order valence-corrected chi connectivity index (χ3v) is 6.59. The van der Waals surface area contributed by atoms with E-state index < -0.39 is 10.0 Å². The van der Waals surface area contributed by atoms with Crippen LogP contribution in [0, 0.1) is 5.92 Å². The Labute approximate surface area is 157 Å². The molecule has 3 aromatic rings. The molecule has 3 heterocycles. The number of sulfonamides is 1. The standard InChI is InChI=1S/C18H21N5O3S/c1-2-22-13-16(11-19-22)27(24,25)23-9-8-14(12-23)10-17-20-21-18(26-17)15-6-4-3-5-7-15/h3-7,11,13-14H,2,8-10,12H2,1H3. The zero-order valence-corrected chi connectivity index (χ0v) is 15.8. The van der Waals surface area contributed by atoms with Crippen molar-refractivity contribution in [3.05, 3.63) is 48.6 Å². The van der Waals surface area contributed by atoms with Gasteiger partial charge in [-0.25, -0.2) is 8.42 Å². The van der Waals surface area contributed by atoms with E-state index >= 15 is 0 Å². The fraction of sp³-hybridized carbons (Fsp3) is 0.389. The molecule has 27 heavy (non-hydrogen) atoms. The smallest absolute Gasteiger partial charge is 0.247 e. The lowest BCUT2D eigenvalue weighted by Gasteiger charge is -2.14. The van der Waals surface area contributed by atoms with Crippen molar-refractivity contribution in [1.29, 1.82) is 0 Å². The van der Waals surface area contributed by atoms with E-state index in [1.54, 1.807) is 10.9 Å². The first-order chi connectivity index (χ1) is 13.1. The summed E-state index contributed by atoms with van der Waals surface area (Å²) < 4.78 is 34.4. The molecule has 2 aromatic heterocycles. The van der Waals surface area contributed by atoms with Crippen LogP contribution in [0.25, 0.3) is 11.5 Å². The molecule has 1 fully saturated rings. The minimum atomic E-state index is -3.51. The number of aryl methyl sites for hydroxylation is 1. The molecular formula is C18H21N5O3S. The zero-order chi connectivity index (χ0) is 18.9. The summed E-state index contributed by atoms with van der Waals surface area (Å²) in [5.74, 6) is 1.18. The number of hydrogen-bond donors (Lipinski definition) is 0. The van der Waals surface area contributed by atoms with E-state index in [2.05, 4.69) is 15.3 Å². The second-order valence-electron chi connectivity index (χ2n) is 6.62. The Bertz CT molecular complexity index is 1010. The van der Waals surface area contributed by atoms with Gasteiger partial charge in [-0.1, -0.05) is 18.2 Å². The summed E-state index contributed by atoms with van der Waals surface area (Å²) in [6.07, 6.45) is 4.33. The second-order valence-corrected chi connectivity index (χ2v) is 8.56. The molecule has 0 amide bonds. The Morgan fingerprint density at radius 1 is 1.22 bits per heavy atom. The Morgan fingerprint density at radius 3 is 2.78 bits per heavy atom. The quantitative estimate of drug-likeness (QED) is 0.644. The van der Waals surface area contributed by atoms with Gasteiger partial charge in [0.05, 0.1) is 6.20 Å². The molecule has 0 radical (unpaired) electrons. The van der Waals surface area contributed by atoms with Crippen LogP contribution in [-0.2, 0) is 23.0 Å². The third-order valence-electron chi connectivity index (χ3n) is 4.77. The van der Waals surface area contributed by atoms with Gasteiger partial charge in [-0.15, -0.1) is 10.2 Å². The van der Waals surface area contributed by atoms with E-state index in [1.807, 2.05) is 37.3 Å². The largest absolute Gasteiger partial charge is 0.421 e. The lowest BCUT2D eigenvalue weighted by Crippen LogP contribution is -2.29. The average molecular weight is 387 g/mol. The topological polar surface area (TPSA) is 94.1 Å². The van der Waals surface area contributed by atoms with Gasteiger partial charge >= 0.3 is 0 Å². The van der Waals surface area contributed by atoms with Crippen molar-refractivity contribution in [2.24, 2.45) is 5.92 Å². The van der Waals surface area contributed by atoms with Crippen molar-refractivity contribution in [1.82, 2.24) is 24.3 Å². The second kappa shape index (κ2) is 7.24. The van der Waals surface area contributed by atoms with Gasteiger partial charge in [-0.2, -0.15) is 9.40 Å². The summed E-state index contributed by atoms with van der Waals surface area (Å²) in [6.45, 7) is 3.50. The SMILES string of the molecule is CCn1cc(S(=O)(=O)N2CCC(Cc3nnc(-c4ccccc4)o3)C2)cn1. The molecule has 1 aromatic carbocycles. The molecule has 1 aliphatic rings. The predicted molar refractivity (Wildman–Crippen MR) is 98.2 cm³/mol. The molecule has 1 saturated heterocycles. The van der Waals surface area contributed by atoms with Crippen LogP contribution in [0.15, 0.2) is 52.0 Å². The van der Waals surface area contributed by atoms with E-state index in [9.17, 15) is 8.42 Å². The maximum Gasteiger partial charge on any atom is 0.247 e. The molecule has 0 aliphatic carbocycles. The first kappa shape index (κ1) is 17.9. The molecule has 4 rings (SSSR count). The molecule has 9 heteroatoms. The molecular weight excluding hydrogens is 366 g/mol. The number of nitrogens with zero attached hydrogens (tertiary/aromatic N) is 5. The van der Waals surface area contributed by atoms with Gasteiger partial charge in [0.25, 0.3) is 0 Å². The molecule has 0 saturated carbocycles. The van der Waals surface area contributed by atoms with Crippen molar-refractivity contribution in [3.8, 4) is 11.5 Å². The van der Waals surface area contributed by atoms with Crippen LogP contribution >= 0.6 is 0 Å². The van der Waals surface area contributed by atoms with Gasteiger partial charge in [0.2, 0.25) is 21.8 Å². The molecule has 1 atom stereocenters. The average Bonchev–Trinajstić information content (AvgIpc) is 3.43. The van der Waals surface area contributed by atoms with Crippen molar-refractivity contribution >= 4 is 10.0 Å². The summed E-state index contributed by atoms with van der Waals surface area (Å²) in [5, 5.41) is 12.3. The lowest BCUT2D eigenvalue weighted by atomic mass is 10.1. The molecule has 1 aliphatic heterocycles. The number of rotatable bonds is 6. The van der Waals surface area contributed by atoms with Gasteiger partial charge in [0, 0.05) is 37.8 Å². The van der Waals surface area contributed by atoms with Crippen LogP contribution in [0.1, 0.15) is 19.2 Å². The molecule has 0 spiro atoms. The summed E-state index contributed by atoms with van der Waals surface area (Å²) in [5.41, 5.74) is 0.875.